The van der Waals surface area contributed by atoms with Gasteiger partial charge in [-0.25, -0.2) is 0 Å². The van der Waals surface area contributed by atoms with Gasteiger partial charge in [0.25, 0.3) is 5.91 Å². The lowest BCUT2D eigenvalue weighted by molar-refractivity contribution is -0.128. The Balaban J connectivity index is 1.70. The van der Waals surface area contributed by atoms with Crippen LogP contribution in [0.25, 0.3) is 6.08 Å². The predicted octanol–water partition coefficient (Wildman–Crippen LogP) is 2.48. The zero-order valence-electron chi connectivity index (χ0n) is 14.7. The van der Waals surface area contributed by atoms with Gasteiger partial charge >= 0.3 is 0 Å². The van der Waals surface area contributed by atoms with Crippen molar-refractivity contribution in [3.05, 3.63) is 59.6 Å². The highest BCUT2D eigenvalue weighted by molar-refractivity contribution is 5.95. The van der Waals surface area contributed by atoms with Crippen LogP contribution in [0.3, 0.4) is 0 Å². The molecule has 0 aliphatic rings. The Morgan fingerprint density at radius 2 is 1.81 bits per heavy atom. The van der Waals surface area contributed by atoms with Crippen LogP contribution in [0.4, 0.5) is 5.69 Å². The van der Waals surface area contributed by atoms with Crippen molar-refractivity contribution in [3.8, 4) is 0 Å². The van der Waals surface area contributed by atoms with E-state index in [4.69, 9.17) is 4.42 Å². The van der Waals surface area contributed by atoms with Crippen LogP contribution in [-0.4, -0.2) is 17.7 Å². The first-order valence-corrected chi connectivity index (χ1v) is 8.11. The van der Waals surface area contributed by atoms with Crippen molar-refractivity contribution < 1.29 is 18.8 Å². The monoisotopic (exact) mass is 355 g/mol. The van der Waals surface area contributed by atoms with Gasteiger partial charge in [-0.2, -0.15) is 0 Å². The van der Waals surface area contributed by atoms with Gasteiger partial charge in [-0.05, 0) is 49.2 Å². The van der Waals surface area contributed by atoms with Gasteiger partial charge in [-0.3, -0.25) is 25.2 Å². The van der Waals surface area contributed by atoms with Gasteiger partial charge in [-0.1, -0.05) is 12.1 Å². The number of furan rings is 1. The van der Waals surface area contributed by atoms with Crippen LogP contribution in [0.1, 0.15) is 29.7 Å². The fourth-order valence-corrected chi connectivity index (χ4v) is 2.09. The van der Waals surface area contributed by atoms with Crippen molar-refractivity contribution in [1.82, 2.24) is 10.9 Å². The lowest BCUT2D eigenvalue weighted by Crippen LogP contribution is -2.41. The molecule has 0 unspecified atom stereocenters. The molecular formula is C19H21N3O4. The third-order valence-electron chi connectivity index (χ3n) is 3.51. The fourth-order valence-electron chi connectivity index (χ4n) is 2.09. The molecule has 0 atom stereocenters. The Kier molecular flexibility index (Phi) is 6.73. The molecule has 26 heavy (non-hydrogen) atoms. The maximum absolute atomic E-state index is 12.0. The molecular weight excluding hydrogens is 334 g/mol. The maximum atomic E-state index is 12.0. The predicted molar refractivity (Wildman–Crippen MR) is 97.8 cm³/mol. The minimum Gasteiger partial charge on any atom is -0.465 e. The summed E-state index contributed by atoms with van der Waals surface area (Å²) in [5.74, 6) is -0.706. The van der Waals surface area contributed by atoms with Crippen molar-refractivity contribution in [2.24, 2.45) is 0 Å². The van der Waals surface area contributed by atoms with E-state index in [1.54, 1.807) is 12.1 Å². The molecule has 7 nitrogen and oxygen atoms in total. The molecule has 2 rings (SSSR count). The van der Waals surface area contributed by atoms with E-state index < -0.39 is 11.8 Å². The summed E-state index contributed by atoms with van der Waals surface area (Å²) in [4.78, 5) is 35.2. The largest absolute Gasteiger partial charge is 0.465 e. The number of aryl methyl sites for hydroxylation is 2. The number of anilines is 1. The number of rotatable bonds is 6. The molecule has 7 heteroatoms. The van der Waals surface area contributed by atoms with E-state index in [0.717, 1.165) is 16.8 Å². The van der Waals surface area contributed by atoms with Gasteiger partial charge in [0.1, 0.15) is 5.76 Å². The standard InChI is InChI=1S/C19H21N3O4/c1-13-5-6-14(2)16(12-13)20-17(23)9-10-19(25)22-21-18(24)8-7-15-4-3-11-26-15/h3-8,11-12H,9-10H2,1-2H3,(H,20,23)(H,21,24)(H,22,25)/b8-7+. The summed E-state index contributed by atoms with van der Waals surface area (Å²) in [5.41, 5.74) is 7.20. The summed E-state index contributed by atoms with van der Waals surface area (Å²) >= 11 is 0. The Morgan fingerprint density at radius 1 is 1.04 bits per heavy atom. The summed E-state index contributed by atoms with van der Waals surface area (Å²) in [5, 5.41) is 2.78. The summed E-state index contributed by atoms with van der Waals surface area (Å²) in [7, 11) is 0. The van der Waals surface area contributed by atoms with Gasteiger partial charge in [-0.15, -0.1) is 0 Å². The van der Waals surface area contributed by atoms with E-state index in [1.807, 2.05) is 32.0 Å². The van der Waals surface area contributed by atoms with Crippen LogP contribution in [0.2, 0.25) is 0 Å². The SMILES string of the molecule is Cc1ccc(C)c(NC(=O)CCC(=O)NNC(=O)/C=C/c2ccco2)c1. The average Bonchev–Trinajstić information content (AvgIpc) is 3.13. The number of amides is 3. The molecule has 0 aliphatic carbocycles. The van der Waals surface area contributed by atoms with E-state index >= 15 is 0 Å². The molecule has 0 radical (unpaired) electrons. The molecule has 0 saturated heterocycles. The van der Waals surface area contributed by atoms with E-state index in [9.17, 15) is 14.4 Å². The number of hydrogen-bond acceptors (Lipinski definition) is 4. The fraction of sp³-hybridized carbons (Fsp3) is 0.211. The number of benzene rings is 1. The summed E-state index contributed by atoms with van der Waals surface area (Å²) in [6.07, 6.45) is 4.16. The molecule has 136 valence electrons. The van der Waals surface area contributed by atoms with E-state index in [2.05, 4.69) is 16.2 Å². The minimum absolute atomic E-state index is 0.0112. The molecule has 1 aromatic heterocycles. The number of nitrogens with one attached hydrogen (secondary N) is 3. The first-order chi connectivity index (χ1) is 12.4. The van der Waals surface area contributed by atoms with Crippen molar-refractivity contribution in [2.45, 2.75) is 26.7 Å². The minimum atomic E-state index is -0.505. The van der Waals surface area contributed by atoms with Gasteiger partial charge in [0.15, 0.2) is 0 Å². The molecule has 0 saturated carbocycles. The molecule has 2 aromatic rings. The Labute approximate surface area is 151 Å². The molecule has 0 aliphatic heterocycles. The molecule has 1 heterocycles. The molecule has 0 spiro atoms. The highest BCUT2D eigenvalue weighted by Crippen LogP contribution is 2.16. The first-order valence-electron chi connectivity index (χ1n) is 8.11. The van der Waals surface area contributed by atoms with Crippen LogP contribution >= 0.6 is 0 Å². The Hall–Kier alpha value is -3.35. The highest BCUT2D eigenvalue weighted by atomic mass is 16.3. The topological polar surface area (TPSA) is 100 Å². The molecule has 0 bridgehead atoms. The Bertz CT molecular complexity index is 810. The molecule has 3 amide bonds. The normalized spacial score (nSPS) is 10.5. The van der Waals surface area contributed by atoms with Crippen molar-refractivity contribution >= 4 is 29.5 Å². The van der Waals surface area contributed by atoms with Crippen LogP contribution in [0, 0.1) is 13.8 Å². The van der Waals surface area contributed by atoms with Crippen molar-refractivity contribution in [2.75, 3.05) is 5.32 Å². The number of carbonyl (C=O) groups is 3. The average molecular weight is 355 g/mol. The van der Waals surface area contributed by atoms with E-state index in [0.29, 0.717) is 5.76 Å². The Morgan fingerprint density at radius 3 is 2.54 bits per heavy atom. The maximum Gasteiger partial charge on any atom is 0.262 e. The van der Waals surface area contributed by atoms with Gasteiger partial charge < -0.3 is 9.73 Å². The van der Waals surface area contributed by atoms with Crippen LogP contribution in [0.15, 0.2) is 47.1 Å². The molecule has 0 fully saturated rings. The molecule has 3 N–H and O–H groups in total. The summed E-state index contributed by atoms with van der Waals surface area (Å²) < 4.78 is 5.04. The molecule has 1 aromatic carbocycles. The van der Waals surface area contributed by atoms with Crippen LogP contribution in [0.5, 0.6) is 0 Å². The van der Waals surface area contributed by atoms with Crippen molar-refractivity contribution in [3.63, 3.8) is 0 Å². The second kappa shape index (κ2) is 9.22. The number of hydrazine groups is 1. The van der Waals surface area contributed by atoms with Gasteiger partial charge in [0, 0.05) is 24.6 Å². The zero-order valence-corrected chi connectivity index (χ0v) is 14.7. The van der Waals surface area contributed by atoms with Gasteiger partial charge in [0.05, 0.1) is 6.26 Å². The second-order valence-electron chi connectivity index (χ2n) is 5.75. The summed E-state index contributed by atoms with van der Waals surface area (Å²) in [6, 6.07) is 9.14. The lowest BCUT2D eigenvalue weighted by atomic mass is 10.1. The smallest absolute Gasteiger partial charge is 0.262 e. The zero-order chi connectivity index (χ0) is 18.9. The second-order valence-corrected chi connectivity index (χ2v) is 5.75. The quantitative estimate of drug-likeness (QED) is 0.547. The number of hydrogen-bond donors (Lipinski definition) is 3. The van der Waals surface area contributed by atoms with Crippen molar-refractivity contribution in [1.29, 1.82) is 0 Å². The third kappa shape index (κ3) is 6.27. The first kappa shape index (κ1) is 19.0. The van der Waals surface area contributed by atoms with Crippen LogP contribution < -0.4 is 16.2 Å². The number of carbonyl (C=O) groups excluding carboxylic acids is 3. The summed E-state index contributed by atoms with van der Waals surface area (Å²) in [6.45, 7) is 3.83. The van der Waals surface area contributed by atoms with Crippen LogP contribution in [-0.2, 0) is 14.4 Å². The van der Waals surface area contributed by atoms with E-state index in [1.165, 1.54) is 18.4 Å². The lowest BCUT2D eigenvalue weighted by Gasteiger charge is -2.09. The van der Waals surface area contributed by atoms with Gasteiger partial charge in [0.2, 0.25) is 11.8 Å². The third-order valence-corrected chi connectivity index (χ3v) is 3.51. The van der Waals surface area contributed by atoms with E-state index in [-0.39, 0.29) is 18.7 Å². The highest BCUT2D eigenvalue weighted by Gasteiger charge is 2.09.